The lowest BCUT2D eigenvalue weighted by Crippen LogP contribution is -2.48. The number of rotatable bonds is 8. The smallest absolute Gasteiger partial charge is 0.406 e. The number of amides is 2. The first-order chi connectivity index (χ1) is 20.0. The van der Waals surface area contributed by atoms with Crippen molar-refractivity contribution in [3.8, 4) is 17.6 Å². The number of nitrogens with one attached hydrogen (secondary N) is 3. The molecule has 12 heteroatoms. The molecule has 2 aromatic carbocycles. The average Bonchev–Trinajstić information content (AvgIpc) is 3.33. The molecule has 9 nitrogen and oxygen atoms in total. The first kappa shape index (κ1) is 30.7. The highest BCUT2D eigenvalue weighted by molar-refractivity contribution is 6.05. The van der Waals surface area contributed by atoms with E-state index in [4.69, 9.17) is 4.74 Å². The summed E-state index contributed by atoms with van der Waals surface area (Å²) in [6, 6.07) is 7.98. The maximum absolute atomic E-state index is 13.4. The van der Waals surface area contributed by atoms with Crippen LogP contribution >= 0.6 is 0 Å². The minimum absolute atomic E-state index is 0.0647. The van der Waals surface area contributed by atoms with Crippen molar-refractivity contribution in [3.63, 3.8) is 0 Å². The van der Waals surface area contributed by atoms with Crippen LogP contribution in [-0.4, -0.2) is 78.8 Å². The maximum atomic E-state index is 13.4. The highest BCUT2D eigenvalue weighted by atomic mass is 19.4. The molecule has 1 aromatic heterocycles. The first-order valence-corrected chi connectivity index (χ1v) is 13.7. The van der Waals surface area contributed by atoms with Gasteiger partial charge in [-0.05, 0) is 63.2 Å². The summed E-state index contributed by atoms with van der Waals surface area (Å²) in [6.07, 6.45) is -2.60. The Morgan fingerprint density at radius 3 is 2.67 bits per heavy atom. The Labute approximate surface area is 242 Å². The summed E-state index contributed by atoms with van der Waals surface area (Å²) in [4.78, 5) is 32.0. The molecule has 0 bridgehead atoms. The number of aromatic nitrogens is 2. The summed E-state index contributed by atoms with van der Waals surface area (Å²) in [5.41, 5.74) is 1.91. The highest BCUT2D eigenvalue weighted by Crippen LogP contribution is 2.27. The molecule has 0 unspecified atom stereocenters. The number of hydrogen-bond donors (Lipinski definition) is 3. The van der Waals surface area contributed by atoms with Crippen LogP contribution in [0.2, 0.25) is 0 Å². The van der Waals surface area contributed by atoms with Crippen molar-refractivity contribution in [3.05, 3.63) is 53.3 Å². The molecule has 4 rings (SSSR count). The molecule has 2 heterocycles. The van der Waals surface area contributed by atoms with Crippen LogP contribution in [0.25, 0.3) is 11.0 Å². The summed E-state index contributed by atoms with van der Waals surface area (Å²) >= 11 is 0. The summed E-state index contributed by atoms with van der Waals surface area (Å²) in [6.45, 7) is 4.94. The normalized spacial score (nSPS) is 17.3. The van der Waals surface area contributed by atoms with E-state index in [1.165, 1.54) is 13.2 Å². The Bertz CT molecular complexity index is 1510. The van der Waals surface area contributed by atoms with Crippen LogP contribution in [-0.2, 0) is 6.54 Å². The number of carbonyl (C=O) groups excluding carboxylic acids is 2. The number of piperidine rings is 1. The van der Waals surface area contributed by atoms with E-state index in [0.29, 0.717) is 29.1 Å². The molecule has 0 aliphatic carbocycles. The number of alkyl halides is 3. The molecule has 3 aromatic rings. The predicted octanol–water partition coefficient (Wildman–Crippen LogP) is 3.89. The van der Waals surface area contributed by atoms with E-state index in [-0.39, 0.29) is 41.0 Å². The summed E-state index contributed by atoms with van der Waals surface area (Å²) in [5.74, 6) is 6.02. The number of carbonyl (C=O) groups is 2. The second-order valence-corrected chi connectivity index (χ2v) is 10.4. The van der Waals surface area contributed by atoms with Crippen LogP contribution < -0.4 is 20.7 Å². The molecule has 224 valence electrons. The Morgan fingerprint density at radius 1 is 1.19 bits per heavy atom. The Morgan fingerprint density at radius 2 is 1.98 bits per heavy atom. The van der Waals surface area contributed by atoms with Crippen molar-refractivity contribution in [2.24, 2.45) is 5.92 Å². The van der Waals surface area contributed by atoms with Crippen LogP contribution in [0.15, 0.2) is 36.7 Å². The van der Waals surface area contributed by atoms with Crippen molar-refractivity contribution < 1.29 is 27.5 Å². The lowest BCUT2D eigenvalue weighted by molar-refractivity contribution is -0.139. The Balaban J connectivity index is 1.61. The van der Waals surface area contributed by atoms with E-state index < -0.39 is 18.6 Å². The molecule has 1 aliphatic heterocycles. The number of anilines is 1. The lowest BCUT2D eigenvalue weighted by Gasteiger charge is -2.35. The van der Waals surface area contributed by atoms with Crippen LogP contribution in [0.1, 0.15) is 46.5 Å². The third-order valence-corrected chi connectivity index (χ3v) is 7.14. The molecule has 0 saturated carbocycles. The molecule has 0 radical (unpaired) electrons. The van der Waals surface area contributed by atoms with Gasteiger partial charge in [0.05, 0.1) is 36.7 Å². The minimum Gasteiger partial charge on any atom is -0.495 e. The van der Waals surface area contributed by atoms with Crippen LogP contribution in [0.5, 0.6) is 5.75 Å². The zero-order valence-electron chi connectivity index (χ0n) is 24.1. The fourth-order valence-corrected chi connectivity index (χ4v) is 5.08. The van der Waals surface area contributed by atoms with Gasteiger partial charge in [-0.1, -0.05) is 18.8 Å². The monoisotopic (exact) mass is 584 g/mol. The molecular formula is C30H35F3N6O3. The van der Waals surface area contributed by atoms with E-state index in [9.17, 15) is 22.8 Å². The standard InChI is InChI=1S/C30H35F3N6O3/c1-5-34-28(40)21-8-9-26(42-4)24(15-21)35-11-6-7-20-13-22(29(41)37-23-10-12-38(3)16-19(23)2)27-25(14-20)39(18-36-27)17-30(31,32)33/h8-9,13-15,18-19,23,35H,5,10-12,16-17H2,1-4H3,(H,34,40)(H,37,41)/t19-,23-/m0/s1. The van der Waals surface area contributed by atoms with Crippen molar-refractivity contribution in [2.45, 2.75) is 39.0 Å². The molecular weight excluding hydrogens is 549 g/mol. The number of nitrogens with zero attached hydrogens (tertiary/aromatic N) is 3. The van der Waals surface area contributed by atoms with Crippen LogP contribution in [0, 0.1) is 17.8 Å². The fraction of sp³-hybridized carbons (Fsp3) is 0.433. The van der Waals surface area contributed by atoms with E-state index in [1.807, 2.05) is 14.0 Å². The SMILES string of the molecule is CCNC(=O)c1ccc(OC)c(NCC#Cc2cc(C(=O)N[C@H]3CCN(C)C[C@@H]3C)c3ncn(CC(F)(F)F)c3c2)c1. The Kier molecular flexibility index (Phi) is 9.63. The largest absolute Gasteiger partial charge is 0.495 e. The molecule has 1 saturated heterocycles. The minimum atomic E-state index is -4.47. The number of methoxy groups -OCH3 is 1. The van der Waals surface area contributed by atoms with Crippen LogP contribution in [0.3, 0.4) is 0 Å². The molecule has 2 atom stereocenters. The maximum Gasteiger partial charge on any atom is 0.406 e. The van der Waals surface area contributed by atoms with Gasteiger partial charge >= 0.3 is 6.18 Å². The van der Waals surface area contributed by atoms with E-state index >= 15 is 0 Å². The van der Waals surface area contributed by atoms with Crippen molar-refractivity contribution in [1.82, 2.24) is 25.1 Å². The third kappa shape index (κ3) is 7.53. The van der Waals surface area contributed by atoms with E-state index in [1.54, 1.807) is 24.3 Å². The molecule has 42 heavy (non-hydrogen) atoms. The van der Waals surface area contributed by atoms with Gasteiger partial charge in [0.15, 0.2) is 0 Å². The number of benzene rings is 2. The highest BCUT2D eigenvalue weighted by Gasteiger charge is 2.30. The van der Waals surface area contributed by atoms with Crippen LogP contribution in [0.4, 0.5) is 18.9 Å². The van der Waals surface area contributed by atoms with Crippen molar-refractivity contribution in [1.29, 1.82) is 0 Å². The van der Waals surface area contributed by atoms with Gasteiger partial charge in [0.1, 0.15) is 17.8 Å². The molecule has 1 fully saturated rings. The van der Waals surface area contributed by atoms with Crippen molar-refractivity contribution >= 4 is 28.5 Å². The molecule has 3 N–H and O–H groups in total. The van der Waals surface area contributed by atoms with Gasteiger partial charge in [-0.25, -0.2) is 4.98 Å². The lowest BCUT2D eigenvalue weighted by atomic mass is 9.93. The predicted molar refractivity (Wildman–Crippen MR) is 155 cm³/mol. The summed E-state index contributed by atoms with van der Waals surface area (Å²) < 4.78 is 46.2. The number of ether oxygens (including phenoxy) is 1. The second-order valence-electron chi connectivity index (χ2n) is 10.4. The second kappa shape index (κ2) is 13.2. The van der Waals surface area contributed by atoms with Gasteiger partial charge in [-0.15, -0.1) is 0 Å². The van der Waals surface area contributed by atoms with Gasteiger partial charge < -0.3 is 30.2 Å². The van der Waals surface area contributed by atoms with E-state index in [2.05, 4.69) is 44.6 Å². The van der Waals surface area contributed by atoms with Gasteiger partial charge in [-0.2, -0.15) is 13.2 Å². The van der Waals surface area contributed by atoms with Gasteiger partial charge in [0, 0.05) is 30.3 Å². The molecule has 1 aliphatic rings. The summed E-state index contributed by atoms with van der Waals surface area (Å²) in [7, 11) is 3.54. The quantitative estimate of drug-likeness (QED) is 0.348. The first-order valence-electron chi connectivity index (χ1n) is 13.7. The van der Waals surface area contributed by atoms with Gasteiger partial charge in [0.2, 0.25) is 0 Å². The number of imidazole rings is 1. The average molecular weight is 585 g/mol. The number of halogens is 3. The fourth-order valence-electron chi connectivity index (χ4n) is 5.08. The van der Waals surface area contributed by atoms with Gasteiger partial charge in [0.25, 0.3) is 11.8 Å². The zero-order valence-corrected chi connectivity index (χ0v) is 24.1. The third-order valence-electron chi connectivity index (χ3n) is 7.14. The van der Waals surface area contributed by atoms with Crippen molar-refractivity contribution in [2.75, 3.05) is 45.7 Å². The topological polar surface area (TPSA) is 101 Å². The summed E-state index contributed by atoms with van der Waals surface area (Å²) in [5, 5.41) is 8.92. The number of likely N-dealkylation sites (tertiary alicyclic amines) is 1. The zero-order chi connectivity index (χ0) is 30.4. The Hall–Kier alpha value is -4.24. The number of hydrogen-bond acceptors (Lipinski definition) is 6. The number of fused-ring (bicyclic) bond motifs is 1. The van der Waals surface area contributed by atoms with E-state index in [0.717, 1.165) is 30.4 Å². The molecule has 2 amide bonds. The molecule has 0 spiro atoms. The van der Waals surface area contributed by atoms with Gasteiger partial charge in [-0.3, -0.25) is 9.59 Å².